The van der Waals surface area contributed by atoms with Crippen LogP contribution in [0.15, 0.2) is 69.9 Å². The molecule has 1 saturated heterocycles. The van der Waals surface area contributed by atoms with E-state index in [9.17, 15) is 9.90 Å². The van der Waals surface area contributed by atoms with Crippen molar-refractivity contribution in [3.8, 4) is 16.9 Å². The third kappa shape index (κ3) is 4.39. The van der Waals surface area contributed by atoms with E-state index >= 15 is 0 Å². The number of phenols is 1. The molecule has 0 saturated carbocycles. The minimum Gasteiger partial charge on any atom is -0.507 e. The number of aryl methyl sites for hydroxylation is 1. The summed E-state index contributed by atoms with van der Waals surface area (Å²) in [4.78, 5) is 18.0. The number of rotatable bonds is 4. The molecule has 3 aromatic carbocycles. The van der Waals surface area contributed by atoms with Gasteiger partial charge in [0.2, 0.25) is 5.43 Å². The Labute approximate surface area is 207 Å². The van der Waals surface area contributed by atoms with Crippen LogP contribution in [0.1, 0.15) is 11.3 Å². The lowest BCUT2D eigenvalue weighted by atomic mass is 10.0. The maximum atomic E-state index is 13.4. The van der Waals surface area contributed by atoms with Crippen molar-refractivity contribution in [2.24, 2.45) is 0 Å². The van der Waals surface area contributed by atoms with Gasteiger partial charge in [-0.25, -0.2) is 0 Å². The van der Waals surface area contributed by atoms with Crippen LogP contribution < -0.4 is 10.3 Å². The first-order valence-electron chi connectivity index (χ1n) is 11.2. The number of aromatic hydroxyl groups is 1. The van der Waals surface area contributed by atoms with E-state index in [0.29, 0.717) is 39.4 Å². The molecule has 174 valence electrons. The molecule has 1 aliphatic rings. The Bertz CT molecular complexity index is 1410. The lowest BCUT2D eigenvalue weighted by Crippen LogP contribution is -2.46. The predicted octanol–water partition coefficient (Wildman–Crippen LogP) is 6.10. The molecule has 34 heavy (non-hydrogen) atoms. The van der Waals surface area contributed by atoms with E-state index in [0.717, 1.165) is 42.5 Å². The summed E-state index contributed by atoms with van der Waals surface area (Å²) in [7, 11) is 0. The van der Waals surface area contributed by atoms with Gasteiger partial charge in [-0.3, -0.25) is 9.69 Å². The maximum absolute atomic E-state index is 13.4. The number of hydrogen-bond acceptors (Lipinski definition) is 5. The number of nitrogens with zero attached hydrogens (tertiary/aromatic N) is 2. The highest BCUT2D eigenvalue weighted by Crippen LogP contribution is 2.32. The monoisotopic (exact) mass is 494 g/mol. The molecule has 1 aromatic heterocycles. The number of anilines is 1. The highest BCUT2D eigenvalue weighted by molar-refractivity contribution is 6.31. The van der Waals surface area contributed by atoms with Crippen LogP contribution in [-0.2, 0) is 6.54 Å². The van der Waals surface area contributed by atoms with Crippen molar-refractivity contribution in [2.45, 2.75) is 13.5 Å². The largest absolute Gasteiger partial charge is 0.507 e. The molecule has 0 unspecified atom stereocenters. The van der Waals surface area contributed by atoms with Crippen molar-refractivity contribution in [1.82, 2.24) is 4.90 Å². The smallest absolute Gasteiger partial charge is 0.200 e. The molecule has 2 heterocycles. The average Bonchev–Trinajstić information content (AvgIpc) is 2.83. The second kappa shape index (κ2) is 9.34. The van der Waals surface area contributed by atoms with Crippen LogP contribution in [0.25, 0.3) is 22.1 Å². The Morgan fingerprint density at radius 1 is 0.941 bits per heavy atom. The minimum atomic E-state index is -0.118. The molecular formula is C27H24Cl2N2O3. The van der Waals surface area contributed by atoms with E-state index < -0.39 is 0 Å². The third-order valence-electron chi connectivity index (χ3n) is 6.37. The van der Waals surface area contributed by atoms with Gasteiger partial charge in [-0.1, -0.05) is 41.4 Å². The van der Waals surface area contributed by atoms with E-state index in [1.807, 2.05) is 30.3 Å². The molecular weight excluding hydrogens is 471 g/mol. The zero-order valence-corrected chi connectivity index (χ0v) is 20.2. The number of piperazine rings is 1. The normalized spacial score (nSPS) is 14.6. The van der Waals surface area contributed by atoms with Gasteiger partial charge in [0.25, 0.3) is 0 Å². The molecule has 1 N–H and O–H groups in total. The highest BCUT2D eigenvalue weighted by atomic mass is 35.5. The van der Waals surface area contributed by atoms with E-state index in [1.54, 1.807) is 31.2 Å². The molecule has 0 bridgehead atoms. The van der Waals surface area contributed by atoms with Crippen molar-refractivity contribution < 1.29 is 9.52 Å². The molecule has 0 radical (unpaired) electrons. The Kier molecular flexibility index (Phi) is 6.26. The van der Waals surface area contributed by atoms with Crippen LogP contribution in [0.3, 0.4) is 0 Å². The van der Waals surface area contributed by atoms with Gasteiger partial charge < -0.3 is 14.4 Å². The van der Waals surface area contributed by atoms with Gasteiger partial charge in [-0.05, 0) is 55.0 Å². The van der Waals surface area contributed by atoms with Crippen molar-refractivity contribution in [3.05, 3.63) is 92.3 Å². The molecule has 4 aromatic rings. The lowest BCUT2D eigenvalue weighted by molar-refractivity contribution is 0.246. The van der Waals surface area contributed by atoms with Crippen LogP contribution in [-0.4, -0.2) is 36.2 Å². The van der Waals surface area contributed by atoms with Crippen LogP contribution >= 0.6 is 23.2 Å². The molecule has 0 aliphatic carbocycles. The van der Waals surface area contributed by atoms with E-state index in [1.165, 1.54) is 0 Å². The van der Waals surface area contributed by atoms with E-state index in [4.69, 9.17) is 27.6 Å². The summed E-state index contributed by atoms with van der Waals surface area (Å²) >= 11 is 12.2. The maximum Gasteiger partial charge on any atom is 0.200 e. The topological polar surface area (TPSA) is 56.9 Å². The summed E-state index contributed by atoms with van der Waals surface area (Å²) in [5.74, 6) is 0.643. The fourth-order valence-corrected chi connectivity index (χ4v) is 4.89. The molecule has 1 fully saturated rings. The first-order chi connectivity index (χ1) is 16.4. The van der Waals surface area contributed by atoms with Crippen LogP contribution in [0, 0.1) is 6.92 Å². The van der Waals surface area contributed by atoms with Crippen LogP contribution in [0.4, 0.5) is 5.69 Å². The van der Waals surface area contributed by atoms with Crippen molar-refractivity contribution >= 4 is 39.9 Å². The second-order valence-corrected chi connectivity index (χ2v) is 9.43. The van der Waals surface area contributed by atoms with Gasteiger partial charge in [0.1, 0.15) is 17.1 Å². The van der Waals surface area contributed by atoms with Gasteiger partial charge in [-0.15, -0.1) is 0 Å². The molecule has 1 aliphatic heterocycles. The lowest BCUT2D eigenvalue weighted by Gasteiger charge is -2.36. The van der Waals surface area contributed by atoms with E-state index in [2.05, 4.69) is 15.9 Å². The van der Waals surface area contributed by atoms with E-state index in [-0.39, 0.29) is 11.2 Å². The standard InChI is InChI=1S/C27H24Cl2N2O3/c1-17-25(18-5-7-19(28)8-6-18)26(33)22-9-10-24(32)23(27(22)34-17)16-30-11-13-31(14-12-30)21-4-2-3-20(29)15-21/h2-10,15,32H,11-14,16H2,1H3. The summed E-state index contributed by atoms with van der Waals surface area (Å²) in [6, 6.07) is 18.2. The molecule has 0 spiro atoms. The molecule has 5 nitrogen and oxygen atoms in total. The second-order valence-electron chi connectivity index (χ2n) is 8.55. The first-order valence-corrected chi connectivity index (χ1v) is 11.9. The fourth-order valence-electron chi connectivity index (χ4n) is 4.58. The number of fused-ring (bicyclic) bond motifs is 1. The van der Waals surface area contributed by atoms with Gasteiger partial charge in [0.15, 0.2) is 0 Å². The number of benzene rings is 3. The summed E-state index contributed by atoms with van der Waals surface area (Å²) in [5, 5.41) is 12.5. The number of hydrogen-bond donors (Lipinski definition) is 1. The molecule has 7 heteroatoms. The van der Waals surface area contributed by atoms with Gasteiger partial charge in [0, 0.05) is 48.5 Å². The van der Waals surface area contributed by atoms with Gasteiger partial charge in [0.05, 0.1) is 16.5 Å². The average molecular weight is 495 g/mol. The van der Waals surface area contributed by atoms with Crippen LogP contribution in [0.5, 0.6) is 5.75 Å². The molecule has 0 amide bonds. The van der Waals surface area contributed by atoms with Gasteiger partial charge in [-0.2, -0.15) is 0 Å². The van der Waals surface area contributed by atoms with Crippen LogP contribution in [0.2, 0.25) is 10.0 Å². The van der Waals surface area contributed by atoms with Gasteiger partial charge >= 0.3 is 0 Å². The fraction of sp³-hybridized carbons (Fsp3) is 0.222. The Hall–Kier alpha value is -2.99. The number of phenolic OH excluding ortho intramolecular Hbond substituents is 1. The summed E-state index contributed by atoms with van der Waals surface area (Å²) in [6.07, 6.45) is 0. The quantitative estimate of drug-likeness (QED) is 0.371. The third-order valence-corrected chi connectivity index (χ3v) is 6.86. The Balaban J connectivity index is 1.43. The molecule has 5 rings (SSSR count). The first kappa shape index (κ1) is 22.8. The Morgan fingerprint density at radius 3 is 2.38 bits per heavy atom. The summed E-state index contributed by atoms with van der Waals surface area (Å²) < 4.78 is 6.17. The Morgan fingerprint density at radius 2 is 1.68 bits per heavy atom. The number of halogens is 2. The summed E-state index contributed by atoms with van der Waals surface area (Å²) in [5.41, 5.74) is 3.33. The van der Waals surface area contributed by atoms with Crippen molar-refractivity contribution in [3.63, 3.8) is 0 Å². The SMILES string of the molecule is Cc1oc2c(CN3CCN(c4cccc(Cl)c4)CC3)c(O)ccc2c(=O)c1-c1ccc(Cl)cc1. The van der Waals surface area contributed by atoms with Crippen molar-refractivity contribution in [1.29, 1.82) is 0 Å². The van der Waals surface area contributed by atoms with Crippen molar-refractivity contribution in [2.75, 3.05) is 31.1 Å². The highest BCUT2D eigenvalue weighted by Gasteiger charge is 2.22. The summed E-state index contributed by atoms with van der Waals surface area (Å²) in [6.45, 7) is 5.59. The minimum absolute atomic E-state index is 0.118. The zero-order valence-electron chi connectivity index (χ0n) is 18.7. The predicted molar refractivity (Wildman–Crippen MR) is 138 cm³/mol. The zero-order chi connectivity index (χ0) is 23.8. The molecule has 0 atom stereocenters.